The first-order valence-corrected chi connectivity index (χ1v) is 11.2. The second-order valence-electron chi connectivity index (χ2n) is 8.52. The van der Waals surface area contributed by atoms with Crippen molar-refractivity contribution in [3.05, 3.63) is 64.7 Å². The summed E-state index contributed by atoms with van der Waals surface area (Å²) in [6, 6.07) is 13.6. The Morgan fingerprint density at radius 2 is 1.52 bits per heavy atom. The van der Waals surface area contributed by atoms with Crippen molar-refractivity contribution in [2.75, 3.05) is 26.2 Å². The number of hydrogen-bond acceptors (Lipinski definition) is 4. The molecule has 1 N–H and O–H groups in total. The molecule has 0 amide bonds. The van der Waals surface area contributed by atoms with Crippen LogP contribution in [0.3, 0.4) is 0 Å². The van der Waals surface area contributed by atoms with Crippen LogP contribution in [0.4, 0.5) is 0 Å². The summed E-state index contributed by atoms with van der Waals surface area (Å²) in [7, 11) is 0. The van der Waals surface area contributed by atoms with E-state index in [1.54, 1.807) is 55.5 Å². The van der Waals surface area contributed by atoms with Gasteiger partial charge in [-0.3, -0.25) is 9.59 Å². The van der Waals surface area contributed by atoms with Gasteiger partial charge >= 0.3 is 5.97 Å². The van der Waals surface area contributed by atoms with E-state index in [0.717, 1.165) is 19.6 Å². The minimum Gasteiger partial charge on any atom is -0.492 e. The van der Waals surface area contributed by atoms with Gasteiger partial charge in [0.05, 0.1) is 0 Å². The van der Waals surface area contributed by atoms with Crippen LogP contribution in [0.15, 0.2) is 48.5 Å². The van der Waals surface area contributed by atoms with Crippen molar-refractivity contribution in [3.8, 4) is 5.75 Å². The number of nitrogens with zero attached hydrogens (tertiary/aromatic N) is 1. The highest BCUT2D eigenvalue weighted by Gasteiger charge is 2.34. The van der Waals surface area contributed by atoms with Crippen molar-refractivity contribution >= 4 is 23.4 Å². The lowest BCUT2D eigenvalue weighted by Gasteiger charge is -2.28. The SMILES string of the molecule is CC(CCN1CCCCCC1)(COc1ccc(C(=O)c2ccc(Cl)cc2)cc1)C(=O)O. The van der Waals surface area contributed by atoms with Gasteiger partial charge in [0.2, 0.25) is 0 Å². The maximum Gasteiger partial charge on any atom is 0.312 e. The number of carboxylic acids is 1. The van der Waals surface area contributed by atoms with E-state index in [1.807, 2.05) is 0 Å². The Bertz CT molecular complexity index is 873. The molecule has 0 radical (unpaired) electrons. The fourth-order valence-electron chi connectivity index (χ4n) is 3.72. The summed E-state index contributed by atoms with van der Waals surface area (Å²) in [4.78, 5) is 26.9. The van der Waals surface area contributed by atoms with E-state index in [2.05, 4.69) is 4.90 Å². The number of halogens is 1. The number of carbonyl (C=O) groups excluding carboxylic acids is 1. The van der Waals surface area contributed by atoms with E-state index >= 15 is 0 Å². The van der Waals surface area contributed by atoms with Crippen LogP contribution in [0.25, 0.3) is 0 Å². The number of benzene rings is 2. The molecule has 0 bridgehead atoms. The first-order chi connectivity index (χ1) is 14.9. The molecule has 31 heavy (non-hydrogen) atoms. The average Bonchev–Trinajstić information content (AvgIpc) is 3.05. The lowest BCUT2D eigenvalue weighted by atomic mass is 9.87. The molecular formula is C25H30ClNO4. The summed E-state index contributed by atoms with van der Waals surface area (Å²) in [5.74, 6) is -0.400. The highest BCUT2D eigenvalue weighted by molar-refractivity contribution is 6.30. The van der Waals surface area contributed by atoms with E-state index in [9.17, 15) is 14.7 Å². The van der Waals surface area contributed by atoms with Crippen molar-refractivity contribution < 1.29 is 19.4 Å². The molecule has 6 heteroatoms. The maximum atomic E-state index is 12.6. The minimum atomic E-state index is -0.968. The van der Waals surface area contributed by atoms with Crippen LogP contribution >= 0.6 is 11.6 Å². The molecule has 1 fully saturated rings. The summed E-state index contributed by atoms with van der Waals surface area (Å²) in [5.41, 5.74) is 0.131. The molecule has 0 spiro atoms. The van der Waals surface area contributed by atoms with Crippen molar-refractivity contribution in [1.29, 1.82) is 0 Å². The van der Waals surface area contributed by atoms with Crippen LogP contribution in [0, 0.1) is 5.41 Å². The van der Waals surface area contributed by atoms with Gasteiger partial charge in [0.25, 0.3) is 0 Å². The predicted octanol–water partition coefficient (Wildman–Crippen LogP) is 5.31. The topological polar surface area (TPSA) is 66.8 Å². The van der Waals surface area contributed by atoms with Gasteiger partial charge in [-0.2, -0.15) is 0 Å². The van der Waals surface area contributed by atoms with Crippen molar-refractivity contribution in [3.63, 3.8) is 0 Å². The molecule has 1 heterocycles. The first kappa shape index (κ1) is 23.3. The third-order valence-corrected chi connectivity index (χ3v) is 6.23. The van der Waals surface area contributed by atoms with E-state index in [0.29, 0.717) is 28.3 Å². The Hall–Kier alpha value is -2.37. The Morgan fingerprint density at radius 3 is 2.06 bits per heavy atom. The predicted molar refractivity (Wildman–Crippen MR) is 122 cm³/mol. The molecular weight excluding hydrogens is 414 g/mol. The number of ether oxygens (including phenoxy) is 1. The number of hydrogen-bond donors (Lipinski definition) is 1. The molecule has 0 aliphatic carbocycles. The van der Waals surface area contributed by atoms with Crippen LogP contribution < -0.4 is 4.74 Å². The van der Waals surface area contributed by atoms with Gasteiger partial charge < -0.3 is 14.7 Å². The van der Waals surface area contributed by atoms with Gasteiger partial charge in [-0.05, 0) is 94.4 Å². The van der Waals surface area contributed by atoms with Gasteiger partial charge in [0, 0.05) is 16.1 Å². The number of likely N-dealkylation sites (tertiary alicyclic amines) is 1. The lowest BCUT2D eigenvalue weighted by molar-refractivity contribution is -0.150. The van der Waals surface area contributed by atoms with Gasteiger partial charge in [0.15, 0.2) is 5.78 Å². The quantitative estimate of drug-likeness (QED) is 0.532. The molecule has 2 aromatic rings. The van der Waals surface area contributed by atoms with E-state index in [1.165, 1.54) is 25.7 Å². The zero-order valence-corrected chi connectivity index (χ0v) is 18.7. The number of rotatable bonds is 9. The highest BCUT2D eigenvalue weighted by Crippen LogP contribution is 2.26. The van der Waals surface area contributed by atoms with Crippen LogP contribution in [0.1, 0.15) is 54.9 Å². The number of aliphatic carboxylic acids is 1. The molecule has 2 aromatic carbocycles. The normalized spacial score (nSPS) is 16.8. The van der Waals surface area contributed by atoms with Gasteiger partial charge in [-0.15, -0.1) is 0 Å². The summed E-state index contributed by atoms with van der Waals surface area (Å²) < 4.78 is 5.83. The number of ketones is 1. The molecule has 0 saturated carbocycles. The molecule has 3 rings (SSSR count). The molecule has 1 aliphatic heterocycles. The Morgan fingerprint density at radius 1 is 0.968 bits per heavy atom. The van der Waals surface area contributed by atoms with Gasteiger partial charge in [-0.1, -0.05) is 24.4 Å². The Balaban J connectivity index is 1.58. The van der Waals surface area contributed by atoms with Crippen molar-refractivity contribution in [1.82, 2.24) is 4.90 Å². The molecule has 0 aromatic heterocycles. The van der Waals surface area contributed by atoms with E-state index < -0.39 is 11.4 Å². The van der Waals surface area contributed by atoms with Gasteiger partial charge in [-0.25, -0.2) is 0 Å². The number of carbonyl (C=O) groups is 2. The molecule has 166 valence electrons. The second kappa shape index (κ2) is 10.8. The first-order valence-electron chi connectivity index (χ1n) is 10.9. The van der Waals surface area contributed by atoms with Gasteiger partial charge in [0.1, 0.15) is 17.8 Å². The van der Waals surface area contributed by atoms with Crippen LogP contribution in [-0.4, -0.2) is 48.0 Å². The van der Waals surface area contributed by atoms with Crippen LogP contribution in [-0.2, 0) is 4.79 Å². The Labute approximate surface area is 189 Å². The van der Waals surface area contributed by atoms with Crippen LogP contribution in [0.5, 0.6) is 5.75 Å². The lowest BCUT2D eigenvalue weighted by Crippen LogP contribution is -2.38. The molecule has 1 unspecified atom stereocenters. The number of carboxylic acid groups (broad SMARTS) is 1. The van der Waals surface area contributed by atoms with Crippen LogP contribution in [0.2, 0.25) is 5.02 Å². The maximum absolute atomic E-state index is 12.6. The van der Waals surface area contributed by atoms with E-state index in [-0.39, 0.29) is 12.4 Å². The largest absolute Gasteiger partial charge is 0.492 e. The summed E-state index contributed by atoms with van der Waals surface area (Å²) >= 11 is 5.88. The second-order valence-corrected chi connectivity index (χ2v) is 8.96. The molecule has 1 saturated heterocycles. The summed E-state index contributed by atoms with van der Waals surface area (Å²) in [6.45, 7) is 4.67. The average molecular weight is 444 g/mol. The standard InChI is InChI=1S/C25H30ClNO4/c1-25(24(29)30,14-17-27-15-4-2-3-5-16-27)18-31-22-12-8-20(9-13-22)23(28)19-6-10-21(26)11-7-19/h6-13H,2-5,14-18H2,1H3,(H,29,30). The monoisotopic (exact) mass is 443 g/mol. The zero-order valence-electron chi connectivity index (χ0n) is 18.0. The fourth-order valence-corrected chi connectivity index (χ4v) is 3.84. The third kappa shape index (κ3) is 6.55. The Kier molecular flexibility index (Phi) is 8.10. The van der Waals surface area contributed by atoms with Crippen molar-refractivity contribution in [2.45, 2.75) is 39.0 Å². The molecule has 1 aliphatic rings. The third-order valence-electron chi connectivity index (χ3n) is 5.98. The molecule has 5 nitrogen and oxygen atoms in total. The fraction of sp³-hybridized carbons (Fsp3) is 0.440. The minimum absolute atomic E-state index is 0.0840. The smallest absolute Gasteiger partial charge is 0.312 e. The zero-order chi connectivity index (χ0) is 22.3. The highest BCUT2D eigenvalue weighted by atomic mass is 35.5. The van der Waals surface area contributed by atoms with Crippen molar-refractivity contribution in [2.24, 2.45) is 5.41 Å². The summed E-state index contributed by atoms with van der Waals surface area (Å²) in [5, 5.41) is 10.4. The summed E-state index contributed by atoms with van der Waals surface area (Å²) in [6.07, 6.45) is 5.41. The van der Waals surface area contributed by atoms with E-state index in [4.69, 9.17) is 16.3 Å². The molecule has 1 atom stereocenters.